The summed E-state index contributed by atoms with van der Waals surface area (Å²) >= 11 is 0. The number of rotatable bonds is 5. The van der Waals surface area contributed by atoms with E-state index in [0.717, 1.165) is 30.9 Å². The number of likely N-dealkylation sites (N-methyl/N-ethyl adjacent to an activating group) is 1. The minimum Gasteiger partial charge on any atom is -0.378 e. The Hall–Kier alpha value is -2.45. The second-order valence-corrected chi connectivity index (χ2v) is 7.13. The van der Waals surface area contributed by atoms with Crippen LogP contribution in [0.4, 0.5) is 0 Å². The van der Waals surface area contributed by atoms with Crippen molar-refractivity contribution in [3.05, 3.63) is 51.7 Å². The van der Waals surface area contributed by atoms with Crippen LogP contribution in [-0.4, -0.2) is 49.5 Å². The van der Waals surface area contributed by atoms with E-state index in [4.69, 9.17) is 0 Å². The van der Waals surface area contributed by atoms with Crippen LogP contribution in [-0.2, 0) is 31.0 Å². The molecule has 1 unspecified atom stereocenters. The van der Waals surface area contributed by atoms with Crippen LogP contribution >= 0.6 is 0 Å². The number of hydrogen-bond donors (Lipinski definition) is 2. The van der Waals surface area contributed by atoms with E-state index in [9.17, 15) is 14.7 Å². The van der Waals surface area contributed by atoms with Crippen LogP contribution in [0, 0.1) is 6.92 Å². The van der Waals surface area contributed by atoms with Gasteiger partial charge in [0, 0.05) is 37.0 Å². The molecular weight excluding hydrogens is 334 g/mol. The normalized spacial score (nSPS) is 16.8. The average molecular weight is 359 g/mol. The molecule has 2 aromatic rings. The third kappa shape index (κ3) is 3.71. The smallest absolute Gasteiger partial charge is 0.253 e. The van der Waals surface area contributed by atoms with Gasteiger partial charge in [-0.15, -0.1) is 0 Å². The van der Waals surface area contributed by atoms with E-state index in [2.05, 4.69) is 15.3 Å². The highest BCUT2D eigenvalue weighted by Crippen LogP contribution is 2.16. The molecule has 0 bridgehead atoms. The van der Waals surface area contributed by atoms with Crippen molar-refractivity contribution in [2.24, 2.45) is 0 Å². The minimum atomic E-state index is -1.69. The van der Waals surface area contributed by atoms with Crippen LogP contribution in [0.5, 0.6) is 0 Å². The van der Waals surface area contributed by atoms with Gasteiger partial charge in [0.15, 0.2) is 5.60 Å². The molecule has 1 atom stereocenters. The molecule has 1 amide bonds. The first kappa shape index (κ1) is 18.3. The van der Waals surface area contributed by atoms with Gasteiger partial charge in [0.2, 0.25) is 0 Å². The van der Waals surface area contributed by atoms with Crippen molar-refractivity contribution >= 4 is 5.91 Å². The van der Waals surface area contributed by atoms with E-state index >= 15 is 0 Å². The number of aliphatic hydroxyl groups is 1. The van der Waals surface area contributed by atoms with Gasteiger partial charge in [0.05, 0.1) is 25.0 Å². The number of nitrogens with one attached hydrogen (secondary N) is 1. The monoisotopic (exact) mass is 359 g/mol. The van der Waals surface area contributed by atoms with Gasteiger partial charge in [-0.25, -0.2) is 0 Å². The van der Waals surface area contributed by atoms with Gasteiger partial charge in [-0.1, -0.05) is 6.07 Å². The van der Waals surface area contributed by atoms with E-state index in [1.807, 2.05) is 11.7 Å². The molecule has 3 heterocycles. The molecule has 1 aliphatic heterocycles. The van der Waals surface area contributed by atoms with Gasteiger partial charge in [0.1, 0.15) is 0 Å². The Balaban J connectivity index is 1.68. The number of fused-ring (bicyclic) bond motifs is 1. The van der Waals surface area contributed by atoms with Crippen LogP contribution in [0.2, 0.25) is 0 Å². The quantitative estimate of drug-likeness (QED) is 0.776. The summed E-state index contributed by atoms with van der Waals surface area (Å²) in [5.74, 6) is -0.517. The maximum atomic E-state index is 12.5. The summed E-state index contributed by atoms with van der Waals surface area (Å²) < 4.78 is 3.35. The Morgan fingerprint density at radius 2 is 2.15 bits per heavy atom. The SMILES string of the molecule is Cc1cccc(=O)n1CC(C)(O)C(=O)NCc1cnn2c1CN(C)CC2. The Bertz CT molecular complexity index is 868. The summed E-state index contributed by atoms with van der Waals surface area (Å²) in [6.45, 7) is 5.93. The molecule has 26 heavy (non-hydrogen) atoms. The largest absolute Gasteiger partial charge is 0.378 e. The summed E-state index contributed by atoms with van der Waals surface area (Å²) in [5, 5.41) is 17.7. The standard InChI is InChI=1S/C18H25N5O3/c1-13-5-4-6-16(24)22(13)12-18(2,26)17(25)19-9-14-10-20-23-8-7-21(3)11-15(14)23/h4-6,10,26H,7-9,11-12H2,1-3H3,(H,19,25). The molecule has 3 rings (SSSR count). The Kier molecular flexibility index (Phi) is 4.97. The molecule has 2 N–H and O–H groups in total. The summed E-state index contributed by atoms with van der Waals surface area (Å²) in [4.78, 5) is 26.7. The molecule has 1 aliphatic rings. The lowest BCUT2D eigenvalue weighted by atomic mass is 10.1. The van der Waals surface area contributed by atoms with Gasteiger partial charge < -0.3 is 15.0 Å². The number of carbonyl (C=O) groups is 1. The van der Waals surface area contributed by atoms with E-state index in [1.165, 1.54) is 17.6 Å². The Morgan fingerprint density at radius 1 is 1.38 bits per heavy atom. The van der Waals surface area contributed by atoms with E-state index in [-0.39, 0.29) is 12.1 Å². The Morgan fingerprint density at radius 3 is 2.88 bits per heavy atom. The lowest BCUT2D eigenvalue weighted by Crippen LogP contribution is -2.49. The third-order valence-corrected chi connectivity index (χ3v) is 4.81. The van der Waals surface area contributed by atoms with Gasteiger partial charge in [-0.3, -0.25) is 19.2 Å². The number of hydrogen-bond acceptors (Lipinski definition) is 5. The number of pyridine rings is 1. The fraction of sp³-hybridized carbons (Fsp3) is 0.500. The highest BCUT2D eigenvalue weighted by Gasteiger charge is 2.31. The van der Waals surface area contributed by atoms with Crippen LogP contribution in [0.15, 0.2) is 29.2 Å². The van der Waals surface area contributed by atoms with Crippen molar-refractivity contribution in [2.75, 3.05) is 13.6 Å². The number of nitrogens with zero attached hydrogens (tertiary/aromatic N) is 4. The zero-order valence-corrected chi connectivity index (χ0v) is 15.4. The second kappa shape index (κ2) is 7.05. The van der Waals surface area contributed by atoms with Crippen molar-refractivity contribution in [3.63, 3.8) is 0 Å². The van der Waals surface area contributed by atoms with Gasteiger partial charge in [-0.2, -0.15) is 5.10 Å². The fourth-order valence-corrected chi connectivity index (χ4v) is 3.14. The van der Waals surface area contributed by atoms with Crippen LogP contribution in [0.25, 0.3) is 0 Å². The zero-order chi connectivity index (χ0) is 18.9. The molecule has 2 aromatic heterocycles. The Labute approximate surface area is 152 Å². The van der Waals surface area contributed by atoms with Crippen molar-refractivity contribution in [2.45, 2.75) is 45.6 Å². The third-order valence-electron chi connectivity index (χ3n) is 4.81. The lowest BCUT2D eigenvalue weighted by molar-refractivity contribution is -0.139. The molecule has 0 fully saturated rings. The number of aryl methyl sites for hydroxylation is 1. The minimum absolute atomic E-state index is 0.0980. The first-order valence-corrected chi connectivity index (χ1v) is 8.67. The van der Waals surface area contributed by atoms with Crippen molar-refractivity contribution in [1.29, 1.82) is 0 Å². The zero-order valence-electron chi connectivity index (χ0n) is 15.4. The summed E-state index contributed by atoms with van der Waals surface area (Å²) in [6, 6.07) is 4.84. The summed E-state index contributed by atoms with van der Waals surface area (Å²) in [5.41, 5.74) is 0.772. The van der Waals surface area contributed by atoms with Crippen LogP contribution in [0.3, 0.4) is 0 Å². The lowest BCUT2D eigenvalue weighted by Gasteiger charge is -2.26. The molecule has 8 nitrogen and oxygen atoms in total. The maximum Gasteiger partial charge on any atom is 0.253 e. The molecule has 0 saturated carbocycles. The van der Waals surface area contributed by atoms with Gasteiger partial charge in [-0.05, 0) is 27.0 Å². The first-order chi connectivity index (χ1) is 12.3. The van der Waals surface area contributed by atoms with Gasteiger partial charge >= 0.3 is 0 Å². The number of amides is 1. The predicted octanol–water partition coefficient (Wildman–Crippen LogP) is -0.134. The number of aromatic nitrogens is 3. The second-order valence-electron chi connectivity index (χ2n) is 7.13. The molecular formula is C18H25N5O3. The molecule has 0 aromatic carbocycles. The highest BCUT2D eigenvalue weighted by molar-refractivity contribution is 5.84. The van der Waals surface area contributed by atoms with Crippen LogP contribution in [0.1, 0.15) is 23.9 Å². The summed E-state index contributed by atoms with van der Waals surface area (Å²) in [7, 11) is 2.05. The van der Waals surface area contributed by atoms with Crippen LogP contribution < -0.4 is 10.9 Å². The average Bonchev–Trinajstić information content (AvgIpc) is 2.98. The highest BCUT2D eigenvalue weighted by atomic mass is 16.3. The topological polar surface area (TPSA) is 92.4 Å². The first-order valence-electron chi connectivity index (χ1n) is 8.67. The molecule has 140 valence electrons. The predicted molar refractivity (Wildman–Crippen MR) is 96.5 cm³/mol. The fourth-order valence-electron chi connectivity index (χ4n) is 3.14. The molecule has 0 spiro atoms. The molecule has 0 aliphatic carbocycles. The number of carbonyl (C=O) groups excluding carboxylic acids is 1. The summed E-state index contributed by atoms with van der Waals surface area (Å²) in [6.07, 6.45) is 1.76. The van der Waals surface area contributed by atoms with E-state index in [1.54, 1.807) is 25.3 Å². The van der Waals surface area contributed by atoms with Crippen molar-refractivity contribution in [1.82, 2.24) is 24.6 Å². The maximum absolute atomic E-state index is 12.5. The van der Waals surface area contributed by atoms with E-state index in [0.29, 0.717) is 12.2 Å². The molecule has 8 heteroatoms. The van der Waals surface area contributed by atoms with E-state index < -0.39 is 11.5 Å². The van der Waals surface area contributed by atoms with Crippen molar-refractivity contribution < 1.29 is 9.90 Å². The van der Waals surface area contributed by atoms with Gasteiger partial charge in [0.25, 0.3) is 11.5 Å². The molecule has 0 saturated heterocycles. The molecule has 0 radical (unpaired) electrons. The van der Waals surface area contributed by atoms with Crippen molar-refractivity contribution in [3.8, 4) is 0 Å².